The maximum absolute atomic E-state index is 16.4. The molecule has 0 aliphatic heterocycles. The summed E-state index contributed by atoms with van der Waals surface area (Å²) in [6.07, 6.45) is 0. The van der Waals surface area contributed by atoms with Gasteiger partial charge in [0, 0.05) is 22.1 Å². The van der Waals surface area contributed by atoms with Gasteiger partial charge >= 0.3 is 0 Å². The lowest BCUT2D eigenvalue weighted by Crippen LogP contribution is -2.13. The number of hydrogen-bond donors (Lipinski definition) is 0. The smallest absolute Gasteiger partial charge is 0.136 e. The Morgan fingerprint density at radius 1 is 0.258 bits per heavy atom. The van der Waals surface area contributed by atoms with Crippen LogP contribution in [0.3, 0.4) is 0 Å². The SMILES string of the molecule is Fc1cc(N(c2ccc3ccccc3c2)c2ccc3ccc4c(N(c5cc(F)c(-c6ccccc6)c(F)c5)c5ccc6ccccc6c5)ccc5ccc2c3c54)cc(F)c1-c1ccccc1. The minimum Gasteiger partial charge on any atom is -0.310 e. The molecular formula is C60H36F4N2. The number of hydrogen-bond acceptors (Lipinski definition) is 2. The summed E-state index contributed by atoms with van der Waals surface area (Å²) in [6, 6.07) is 67.5. The van der Waals surface area contributed by atoms with Crippen LogP contribution in [0.25, 0.3) is 76.1 Å². The molecule has 6 heteroatoms. The van der Waals surface area contributed by atoms with Gasteiger partial charge in [-0.25, -0.2) is 17.6 Å². The van der Waals surface area contributed by atoms with Crippen LogP contribution < -0.4 is 9.80 Å². The molecular weight excluding hydrogens is 825 g/mol. The molecule has 0 aromatic heterocycles. The van der Waals surface area contributed by atoms with Crippen molar-refractivity contribution in [2.75, 3.05) is 9.80 Å². The molecule has 0 bridgehead atoms. The van der Waals surface area contributed by atoms with E-state index in [4.69, 9.17) is 0 Å². The molecule has 314 valence electrons. The fourth-order valence-corrected chi connectivity index (χ4v) is 9.79. The van der Waals surface area contributed by atoms with Crippen molar-refractivity contribution in [3.05, 3.63) is 242 Å². The molecule has 12 aromatic carbocycles. The summed E-state index contributed by atoms with van der Waals surface area (Å²) in [5.74, 6) is -2.71. The average Bonchev–Trinajstić information content (AvgIpc) is 3.34. The van der Waals surface area contributed by atoms with Crippen LogP contribution in [0.2, 0.25) is 0 Å². The summed E-state index contributed by atoms with van der Waals surface area (Å²) in [4.78, 5) is 3.84. The summed E-state index contributed by atoms with van der Waals surface area (Å²) < 4.78 is 65.6. The lowest BCUT2D eigenvalue weighted by Gasteiger charge is -2.30. The minimum absolute atomic E-state index is 0.0915. The number of rotatable bonds is 8. The molecule has 0 aliphatic rings. The zero-order valence-electron chi connectivity index (χ0n) is 35.2. The highest BCUT2D eigenvalue weighted by Gasteiger charge is 2.25. The van der Waals surface area contributed by atoms with Gasteiger partial charge < -0.3 is 9.80 Å². The monoisotopic (exact) mass is 860 g/mol. The van der Waals surface area contributed by atoms with E-state index in [0.717, 1.165) is 76.6 Å². The van der Waals surface area contributed by atoms with E-state index in [2.05, 4.69) is 24.3 Å². The van der Waals surface area contributed by atoms with Gasteiger partial charge in [0.15, 0.2) is 0 Å². The van der Waals surface area contributed by atoms with Gasteiger partial charge in [-0.15, -0.1) is 0 Å². The van der Waals surface area contributed by atoms with Crippen LogP contribution in [0.4, 0.5) is 51.7 Å². The van der Waals surface area contributed by atoms with Crippen LogP contribution >= 0.6 is 0 Å². The zero-order valence-corrected chi connectivity index (χ0v) is 35.2. The Morgan fingerprint density at radius 3 is 0.985 bits per heavy atom. The van der Waals surface area contributed by atoms with E-state index < -0.39 is 23.3 Å². The third kappa shape index (κ3) is 6.49. The molecule has 0 saturated heterocycles. The summed E-state index contributed by atoms with van der Waals surface area (Å²) in [5.41, 5.74) is 4.24. The third-order valence-electron chi connectivity index (χ3n) is 12.8. The largest absolute Gasteiger partial charge is 0.310 e. The highest BCUT2D eigenvalue weighted by molar-refractivity contribution is 6.28. The van der Waals surface area contributed by atoms with Crippen molar-refractivity contribution in [1.82, 2.24) is 0 Å². The molecule has 12 rings (SSSR count). The molecule has 0 unspecified atom stereocenters. The third-order valence-corrected chi connectivity index (χ3v) is 12.8. The maximum Gasteiger partial charge on any atom is 0.136 e. The van der Waals surface area contributed by atoms with Crippen molar-refractivity contribution in [2.24, 2.45) is 0 Å². The fraction of sp³-hybridized carbons (Fsp3) is 0. The molecule has 0 atom stereocenters. The van der Waals surface area contributed by atoms with Crippen molar-refractivity contribution >= 4 is 88.0 Å². The first-order chi connectivity index (χ1) is 32.4. The Labute approximate surface area is 377 Å². The summed E-state index contributed by atoms with van der Waals surface area (Å²) in [7, 11) is 0. The van der Waals surface area contributed by atoms with Crippen molar-refractivity contribution in [3.8, 4) is 22.3 Å². The maximum atomic E-state index is 16.4. The fourth-order valence-electron chi connectivity index (χ4n) is 9.79. The molecule has 66 heavy (non-hydrogen) atoms. The van der Waals surface area contributed by atoms with E-state index in [1.807, 2.05) is 131 Å². The first-order valence-corrected chi connectivity index (χ1v) is 21.8. The highest BCUT2D eigenvalue weighted by Crippen LogP contribution is 2.49. The normalized spacial score (nSPS) is 11.6. The molecule has 12 aromatic rings. The predicted octanol–water partition coefficient (Wildman–Crippen LogP) is 17.7. The van der Waals surface area contributed by atoms with Gasteiger partial charge in [0.25, 0.3) is 0 Å². The van der Waals surface area contributed by atoms with Gasteiger partial charge in [0.05, 0.1) is 33.9 Å². The Kier molecular flexibility index (Phi) is 9.28. The number of halogens is 4. The molecule has 0 radical (unpaired) electrons. The van der Waals surface area contributed by atoms with Gasteiger partial charge in [-0.3, -0.25) is 0 Å². The average molecular weight is 861 g/mol. The summed E-state index contributed by atoms with van der Waals surface area (Å²) in [6.45, 7) is 0. The standard InChI is InChI=1S/C60H36F4N2/c61-51-33-47(34-52(62)59(51)39-13-3-1-4-14-39)65(45-25-19-37-11-7-9-17-43(37)31-45)55-29-23-41-22-28-50-56(30-24-42-21-27-49(55)57(41)58(42)50)66(46-26-20-38-12-8-10-18-44(38)32-46)48-35-53(63)60(54(64)36-48)40-15-5-2-6-16-40/h1-36H. The lowest BCUT2D eigenvalue weighted by molar-refractivity contribution is 0.589. The summed E-state index contributed by atoms with van der Waals surface area (Å²) in [5, 5.41) is 9.51. The molecule has 0 N–H and O–H groups in total. The zero-order chi connectivity index (χ0) is 44.5. The van der Waals surface area contributed by atoms with Crippen molar-refractivity contribution in [2.45, 2.75) is 0 Å². The first kappa shape index (κ1) is 39.1. The van der Waals surface area contributed by atoms with E-state index in [1.165, 1.54) is 24.3 Å². The van der Waals surface area contributed by atoms with Crippen LogP contribution in [0.5, 0.6) is 0 Å². The van der Waals surface area contributed by atoms with Crippen LogP contribution in [0, 0.1) is 23.3 Å². The van der Waals surface area contributed by atoms with E-state index >= 15 is 17.6 Å². The van der Waals surface area contributed by atoms with E-state index in [9.17, 15) is 0 Å². The first-order valence-electron chi connectivity index (χ1n) is 21.8. The Bertz CT molecular complexity index is 3530. The Balaban J connectivity index is 1.09. The van der Waals surface area contributed by atoms with Gasteiger partial charge in [-0.1, -0.05) is 158 Å². The van der Waals surface area contributed by atoms with E-state index in [1.54, 1.807) is 48.5 Å². The molecule has 0 fully saturated rings. The van der Waals surface area contributed by atoms with Gasteiger partial charge in [0.2, 0.25) is 0 Å². The highest BCUT2D eigenvalue weighted by atomic mass is 19.1. The van der Waals surface area contributed by atoms with Crippen molar-refractivity contribution in [3.63, 3.8) is 0 Å². The molecule has 0 saturated carbocycles. The van der Waals surface area contributed by atoms with E-state index in [0.29, 0.717) is 22.5 Å². The second-order valence-electron chi connectivity index (χ2n) is 16.6. The van der Waals surface area contributed by atoms with Crippen LogP contribution in [-0.2, 0) is 0 Å². The van der Waals surface area contributed by atoms with Crippen LogP contribution in [0.1, 0.15) is 0 Å². The molecule has 2 nitrogen and oxygen atoms in total. The van der Waals surface area contributed by atoms with Gasteiger partial charge in [-0.2, -0.15) is 0 Å². The van der Waals surface area contributed by atoms with Crippen molar-refractivity contribution in [1.29, 1.82) is 0 Å². The Hall–Kier alpha value is -8.48. The van der Waals surface area contributed by atoms with Crippen LogP contribution in [0.15, 0.2) is 218 Å². The molecule has 0 spiro atoms. The minimum atomic E-state index is -0.678. The molecule has 0 heterocycles. The lowest BCUT2D eigenvalue weighted by atomic mass is 9.91. The Morgan fingerprint density at radius 2 is 0.591 bits per heavy atom. The molecule has 0 aliphatic carbocycles. The quantitative estimate of drug-likeness (QED) is 0.111. The van der Waals surface area contributed by atoms with E-state index in [-0.39, 0.29) is 11.1 Å². The number of benzene rings is 12. The number of fused-ring (bicyclic) bond motifs is 2. The number of anilines is 6. The second-order valence-corrected chi connectivity index (χ2v) is 16.6. The molecule has 0 amide bonds. The number of nitrogens with zero attached hydrogens (tertiary/aromatic N) is 2. The predicted molar refractivity (Wildman–Crippen MR) is 265 cm³/mol. The van der Waals surface area contributed by atoms with Crippen molar-refractivity contribution < 1.29 is 17.6 Å². The topological polar surface area (TPSA) is 6.48 Å². The van der Waals surface area contributed by atoms with Crippen LogP contribution in [-0.4, -0.2) is 0 Å². The second kappa shape index (κ2) is 15.6. The van der Waals surface area contributed by atoms with Gasteiger partial charge in [-0.05, 0) is 115 Å². The summed E-state index contributed by atoms with van der Waals surface area (Å²) >= 11 is 0. The van der Waals surface area contributed by atoms with Gasteiger partial charge in [0.1, 0.15) is 23.3 Å².